The van der Waals surface area contributed by atoms with Crippen LogP contribution in [0.15, 0.2) is 4.99 Å². The highest BCUT2D eigenvalue weighted by Crippen LogP contribution is 2.32. The summed E-state index contributed by atoms with van der Waals surface area (Å²) in [7, 11) is 0. The van der Waals surface area contributed by atoms with Crippen LogP contribution in [0, 0.1) is 11.8 Å². The van der Waals surface area contributed by atoms with Crippen LogP contribution in [0.2, 0.25) is 0 Å². The summed E-state index contributed by atoms with van der Waals surface area (Å²) in [5, 5.41) is 6.18. The molecule has 0 aromatic rings. The minimum atomic E-state index is -0.587. The van der Waals surface area contributed by atoms with E-state index in [9.17, 15) is 4.79 Å². The second-order valence-electron chi connectivity index (χ2n) is 7.52. The summed E-state index contributed by atoms with van der Waals surface area (Å²) in [6.07, 6.45) is 1.60. The van der Waals surface area contributed by atoms with E-state index in [1.165, 1.54) is 0 Å². The van der Waals surface area contributed by atoms with Gasteiger partial charge in [0, 0.05) is 5.54 Å². The Bertz CT molecular complexity index is 354. The quantitative estimate of drug-likeness (QED) is 0.823. The fraction of sp³-hybridized carbons (Fsp3) is 0.867. The lowest BCUT2D eigenvalue weighted by molar-refractivity contribution is -0.124. The zero-order valence-corrected chi connectivity index (χ0v) is 13.4. The Kier molecular flexibility index (Phi) is 4.64. The third kappa shape index (κ3) is 4.51. The number of hydrogen-bond acceptors (Lipinski definition) is 3. The predicted octanol–water partition coefficient (Wildman–Crippen LogP) is 2.69. The third-order valence-corrected chi connectivity index (χ3v) is 2.97. The van der Waals surface area contributed by atoms with Crippen molar-refractivity contribution in [2.24, 2.45) is 16.8 Å². The lowest BCUT2D eigenvalue weighted by Gasteiger charge is -2.27. The summed E-state index contributed by atoms with van der Waals surface area (Å²) >= 11 is 0. The predicted molar refractivity (Wildman–Crippen MR) is 80.1 cm³/mol. The van der Waals surface area contributed by atoms with E-state index in [0.29, 0.717) is 17.8 Å². The van der Waals surface area contributed by atoms with Gasteiger partial charge in [-0.25, -0.2) is 4.99 Å². The molecular weight excluding hydrogens is 238 g/mol. The molecule has 0 fully saturated rings. The first-order valence-electron chi connectivity index (χ1n) is 7.23. The first-order valence-corrected chi connectivity index (χ1v) is 7.23. The molecule has 0 radical (unpaired) electrons. The molecule has 0 aliphatic carbocycles. The molecule has 0 bridgehead atoms. The standard InChI is InChI=1S/C15H29N3O/c1-10(2)8-15(9-11(3)4)12(19)16-13(18-15)17-14(5,6)7/h10-11H,8-9H2,1-7H3,(H2,16,17,18,19). The largest absolute Gasteiger partial charge is 0.351 e. The minimum Gasteiger partial charge on any atom is -0.351 e. The molecule has 0 saturated heterocycles. The normalized spacial score (nSPS) is 18.8. The van der Waals surface area contributed by atoms with Gasteiger partial charge >= 0.3 is 0 Å². The van der Waals surface area contributed by atoms with Crippen molar-refractivity contribution in [1.82, 2.24) is 10.6 Å². The lowest BCUT2D eigenvalue weighted by atomic mass is 9.82. The van der Waals surface area contributed by atoms with Gasteiger partial charge in [-0.2, -0.15) is 0 Å². The summed E-state index contributed by atoms with van der Waals surface area (Å²) in [6.45, 7) is 14.7. The van der Waals surface area contributed by atoms with E-state index in [2.05, 4.69) is 59.1 Å². The number of carbonyl (C=O) groups excluding carboxylic acids is 1. The number of amides is 1. The Labute approximate surface area is 117 Å². The molecule has 0 saturated carbocycles. The molecule has 1 aliphatic rings. The van der Waals surface area contributed by atoms with Gasteiger partial charge in [0.05, 0.1) is 0 Å². The third-order valence-electron chi connectivity index (χ3n) is 2.97. The van der Waals surface area contributed by atoms with E-state index >= 15 is 0 Å². The molecule has 0 unspecified atom stereocenters. The maximum absolute atomic E-state index is 12.4. The van der Waals surface area contributed by atoms with Crippen LogP contribution < -0.4 is 10.6 Å². The maximum atomic E-state index is 12.4. The summed E-state index contributed by atoms with van der Waals surface area (Å²) in [4.78, 5) is 17.1. The van der Waals surface area contributed by atoms with Crippen molar-refractivity contribution in [2.75, 3.05) is 0 Å². The Morgan fingerprint density at radius 3 is 2.00 bits per heavy atom. The van der Waals surface area contributed by atoms with Crippen molar-refractivity contribution in [1.29, 1.82) is 0 Å². The van der Waals surface area contributed by atoms with Gasteiger partial charge in [0.25, 0.3) is 5.91 Å². The van der Waals surface area contributed by atoms with Gasteiger partial charge in [-0.3, -0.25) is 10.1 Å². The summed E-state index contributed by atoms with van der Waals surface area (Å²) in [5.41, 5.74) is -0.687. The van der Waals surface area contributed by atoms with Gasteiger partial charge in [0.1, 0.15) is 5.54 Å². The molecule has 1 rings (SSSR count). The second-order valence-corrected chi connectivity index (χ2v) is 7.52. The lowest BCUT2D eigenvalue weighted by Crippen LogP contribution is -2.48. The number of guanidine groups is 1. The summed E-state index contributed by atoms with van der Waals surface area (Å²) in [6, 6.07) is 0. The van der Waals surface area contributed by atoms with Gasteiger partial charge in [-0.05, 0) is 45.4 Å². The van der Waals surface area contributed by atoms with Crippen LogP contribution in [0.3, 0.4) is 0 Å². The van der Waals surface area contributed by atoms with Crippen molar-refractivity contribution in [2.45, 2.75) is 72.4 Å². The zero-order chi connectivity index (χ0) is 14.8. The van der Waals surface area contributed by atoms with Crippen LogP contribution in [-0.2, 0) is 4.79 Å². The number of nitrogens with zero attached hydrogens (tertiary/aromatic N) is 1. The number of carbonyl (C=O) groups is 1. The van der Waals surface area contributed by atoms with E-state index < -0.39 is 5.54 Å². The van der Waals surface area contributed by atoms with Crippen molar-refractivity contribution in [3.63, 3.8) is 0 Å². The zero-order valence-electron chi connectivity index (χ0n) is 13.4. The SMILES string of the molecule is CC(C)CC1(CC(C)C)N=C(NC(C)(C)C)NC1=O. The highest BCUT2D eigenvalue weighted by molar-refractivity contribution is 6.07. The van der Waals surface area contributed by atoms with Crippen molar-refractivity contribution < 1.29 is 4.79 Å². The molecule has 1 amide bonds. The van der Waals surface area contributed by atoms with Crippen molar-refractivity contribution in [3.8, 4) is 0 Å². The molecule has 0 spiro atoms. The smallest absolute Gasteiger partial charge is 0.254 e. The topological polar surface area (TPSA) is 53.5 Å². The second kappa shape index (κ2) is 5.51. The first-order chi connectivity index (χ1) is 8.54. The Morgan fingerprint density at radius 1 is 1.16 bits per heavy atom. The van der Waals surface area contributed by atoms with Gasteiger partial charge in [0.15, 0.2) is 5.96 Å². The van der Waals surface area contributed by atoms with Crippen LogP contribution in [0.25, 0.3) is 0 Å². The highest BCUT2D eigenvalue weighted by atomic mass is 16.2. The molecule has 19 heavy (non-hydrogen) atoms. The molecule has 2 N–H and O–H groups in total. The van der Waals surface area contributed by atoms with E-state index in [0.717, 1.165) is 12.8 Å². The average molecular weight is 267 g/mol. The number of rotatable bonds is 4. The molecular formula is C15H29N3O. The molecule has 0 aromatic heterocycles. The summed E-state index contributed by atoms with van der Waals surface area (Å²) in [5.74, 6) is 1.56. The molecule has 1 aliphatic heterocycles. The van der Waals surface area contributed by atoms with Crippen LogP contribution in [0.5, 0.6) is 0 Å². The number of aliphatic imine (C=N–C) groups is 1. The van der Waals surface area contributed by atoms with E-state index in [4.69, 9.17) is 4.99 Å². The molecule has 4 nitrogen and oxygen atoms in total. The number of nitrogens with one attached hydrogen (secondary N) is 2. The van der Waals surface area contributed by atoms with Gasteiger partial charge in [-0.15, -0.1) is 0 Å². The molecule has 110 valence electrons. The summed E-state index contributed by atoms with van der Waals surface area (Å²) < 4.78 is 0. The van der Waals surface area contributed by atoms with Crippen molar-refractivity contribution >= 4 is 11.9 Å². The fourth-order valence-electron chi connectivity index (χ4n) is 2.64. The molecule has 4 heteroatoms. The molecule has 1 heterocycles. The van der Waals surface area contributed by atoms with Crippen LogP contribution in [0.1, 0.15) is 61.3 Å². The minimum absolute atomic E-state index is 0.0432. The first kappa shape index (κ1) is 16.0. The Hall–Kier alpha value is -1.06. The van der Waals surface area contributed by atoms with E-state index in [1.807, 2.05) is 0 Å². The van der Waals surface area contributed by atoms with Gasteiger partial charge < -0.3 is 5.32 Å². The van der Waals surface area contributed by atoms with Crippen LogP contribution in [0.4, 0.5) is 0 Å². The highest BCUT2D eigenvalue weighted by Gasteiger charge is 2.44. The average Bonchev–Trinajstić information content (AvgIpc) is 2.36. The van der Waals surface area contributed by atoms with E-state index in [-0.39, 0.29) is 11.4 Å². The van der Waals surface area contributed by atoms with Crippen molar-refractivity contribution in [3.05, 3.63) is 0 Å². The fourth-order valence-corrected chi connectivity index (χ4v) is 2.64. The Balaban J connectivity index is 2.98. The van der Waals surface area contributed by atoms with Gasteiger partial charge in [0.2, 0.25) is 0 Å². The Morgan fingerprint density at radius 2 is 1.63 bits per heavy atom. The van der Waals surface area contributed by atoms with Crippen LogP contribution >= 0.6 is 0 Å². The monoisotopic (exact) mass is 267 g/mol. The number of hydrogen-bond donors (Lipinski definition) is 2. The van der Waals surface area contributed by atoms with E-state index in [1.54, 1.807) is 0 Å². The van der Waals surface area contributed by atoms with Gasteiger partial charge in [-0.1, -0.05) is 27.7 Å². The maximum Gasteiger partial charge on any atom is 0.254 e. The molecule has 0 atom stereocenters. The van der Waals surface area contributed by atoms with Crippen LogP contribution in [-0.4, -0.2) is 22.9 Å². The molecule has 0 aromatic carbocycles.